The fourth-order valence-electron chi connectivity index (χ4n) is 1.24. The number of aliphatic carboxylic acids is 1. The Kier molecular flexibility index (Phi) is 5.12. The minimum absolute atomic E-state index is 0.329. The molecule has 0 aromatic carbocycles. The number of carbonyl (C=O) groups excluding carboxylic acids is 1. The number of rotatable bonds is 6. The summed E-state index contributed by atoms with van der Waals surface area (Å²) in [6, 6.07) is 1.32. The fourth-order valence-corrected chi connectivity index (χ4v) is 1.24. The molecule has 0 aliphatic rings. The Morgan fingerprint density at radius 3 is 2.78 bits per heavy atom. The van der Waals surface area contributed by atoms with E-state index in [-0.39, 0.29) is 6.54 Å². The van der Waals surface area contributed by atoms with Crippen LogP contribution in [0.25, 0.3) is 0 Å². The number of aromatic nitrogens is 2. The van der Waals surface area contributed by atoms with Crippen molar-refractivity contribution in [1.29, 1.82) is 0 Å². The normalized spacial score (nSPS) is 11.9. The van der Waals surface area contributed by atoms with Crippen molar-refractivity contribution in [3.05, 3.63) is 18.0 Å². The quantitative estimate of drug-likeness (QED) is 0.505. The van der Waals surface area contributed by atoms with Gasteiger partial charge in [0.2, 0.25) is 0 Å². The van der Waals surface area contributed by atoms with Gasteiger partial charge < -0.3 is 20.8 Å². The summed E-state index contributed by atoms with van der Waals surface area (Å²) in [6.45, 7) is 0.0523. The molecule has 0 bridgehead atoms. The molecule has 18 heavy (non-hydrogen) atoms. The molecule has 0 saturated heterocycles. The highest BCUT2D eigenvalue weighted by Gasteiger charge is 2.13. The molecular weight excluding hydrogens is 240 g/mol. The Hall–Kier alpha value is -2.09. The van der Waals surface area contributed by atoms with Gasteiger partial charge in [0.05, 0.1) is 12.2 Å². The van der Waals surface area contributed by atoms with Crippen LogP contribution in [0.1, 0.15) is 5.69 Å². The second kappa shape index (κ2) is 6.60. The number of aryl methyl sites for hydroxylation is 1. The Morgan fingerprint density at radius 2 is 2.22 bits per heavy atom. The monoisotopic (exact) mass is 256 g/mol. The molecule has 1 aromatic heterocycles. The van der Waals surface area contributed by atoms with Gasteiger partial charge in [-0.1, -0.05) is 0 Å². The average Bonchev–Trinajstić information content (AvgIpc) is 2.71. The lowest BCUT2D eigenvalue weighted by atomic mass is 10.3. The second-order valence-electron chi connectivity index (χ2n) is 3.72. The van der Waals surface area contributed by atoms with E-state index in [0.717, 1.165) is 5.69 Å². The lowest BCUT2D eigenvalue weighted by molar-refractivity contribution is -0.146. The molecule has 100 valence electrons. The van der Waals surface area contributed by atoms with Gasteiger partial charge in [0.15, 0.2) is 6.10 Å². The first-order valence-corrected chi connectivity index (χ1v) is 5.40. The standard InChI is InChI=1S/C10H16N4O4/c1-14-5-3-7(13-14)2-4-11-10(18)12-6-8(15)9(16)17/h3,5,8,15H,2,4,6H2,1H3,(H,16,17)(H2,11,12,18)/t8-/m0/s1. The summed E-state index contributed by atoms with van der Waals surface area (Å²) >= 11 is 0. The van der Waals surface area contributed by atoms with Crippen molar-refractivity contribution in [3.8, 4) is 0 Å². The molecule has 0 unspecified atom stereocenters. The fraction of sp³-hybridized carbons (Fsp3) is 0.500. The van der Waals surface area contributed by atoms with Gasteiger partial charge in [-0.15, -0.1) is 0 Å². The molecule has 8 nitrogen and oxygen atoms in total. The summed E-state index contributed by atoms with van der Waals surface area (Å²) in [5, 5.41) is 26.2. The molecule has 1 rings (SSSR count). The number of carboxylic acids is 1. The van der Waals surface area contributed by atoms with E-state index in [4.69, 9.17) is 10.2 Å². The molecule has 0 aliphatic heterocycles. The molecule has 1 atom stereocenters. The summed E-state index contributed by atoms with van der Waals surface area (Å²) in [5.74, 6) is -1.37. The third-order valence-corrected chi connectivity index (χ3v) is 2.18. The molecule has 0 spiro atoms. The molecule has 8 heteroatoms. The van der Waals surface area contributed by atoms with Gasteiger partial charge in [0, 0.05) is 26.2 Å². The maximum absolute atomic E-state index is 11.2. The summed E-state index contributed by atoms with van der Waals surface area (Å²) in [4.78, 5) is 21.5. The number of hydrogen-bond donors (Lipinski definition) is 4. The van der Waals surface area contributed by atoms with E-state index in [0.29, 0.717) is 13.0 Å². The van der Waals surface area contributed by atoms with Crippen molar-refractivity contribution in [3.63, 3.8) is 0 Å². The van der Waals surface area contributed by atoms with Crippen molar-refractivity contribution in [2.75, 3.05) is 13.1 Å². The minimum Gasteiger partial charge on any atom is -0.479 e. The maximum atomic E-state index is 11.2. The van der Waals surface area contributed by atoms with Crippen molar-refractivity contribution in [1.82, 2.24) is 20.4 Å². The van der Waals surface area contributed by atoms with E-state index < -0.39 is 18.1 Å². The number of nitrogens with one attached hydrogen (secondary N) is 2. The summed E-state index contributed by atoms with van der Waals surface area (Å²) in [6.07, 6.45) is 0.792. The lowest BCUT2D eigenvalue weighted by Crippen LogP contribution is -2.42. The maximum Gasteiger partial charge on any atom is 0.334 e. The highest BCUT2D eigenvalue weighted by Crippen LogP contribution is 1.93. The third-order valence-electron chi connectivity index (χ3n) is 2.18. The molecular formula is C10H16N4O4. The van der Waals surface area contributed by atoms with Crippen molar-refractivity contribution in [2.45, 2.75) is 12.5 Å². The van der Waals surface area contributed by atoms with Crippen LogP contribution < -0.4 is 10.6 Å². The van der Waals surface area contributed by atoms with Crippen LogP contribution in [0.4, 0.5) is 4.79 Å². The van der Waals surface area contributed by atoms with Gasteiger partial charge in [0.25, 0.3) is 0 Å². The summed E-state index contributed by atoms with van der Waals surface area (Å²) < 4.78 is 1.67. The van der Waals surface area contributed by atoms with Crippen LogP contribution in [0.2, 0.25) is 0 Å². The molecule has 1 aromatic rings. The largest absolute Gasteiger partial charge is 0.479 e. The van der Waals surface area contributed by atoms with Gasteiger partial charge in [-0.2, -0.15) is 5.10 Å². The first kappa shape index (κ1) is 14.0. The number of nitrogens with zero attached hydrogens (tertiary/aromatic N) is 2. The first-order valence-electron chi connectivity index (χ1n) is 5.40. The van der Waals surface area contributed by atoms with Crippen LogP contribution >= 0.6 is 0 Å². The van der Waals surface area contributed by atoms with Crippen molar-refractivity contribution in [2.24, 2.45) is 7.05 Å². The van der Waals surface area contributed by atoms with Crippen LogP contribution in [-0.2, 0) is 18.3 Å². The van der Waals surface area contributed by atoms with E-state index in [1.165, 1.54) is 0 Å². The first-order chi connectivity index (χ1) is 8.49. The zero-order chi connectivity index (χ0) is 13.5. The predicted octanol–water partition coefficient (Wildman–Crippen LogP) is -1.29. The lowest BCUT2D eigenvalue weighted by Gasteiger charge is -2.08. The van der Waals surface area contributed by atoms with E-state index in [9.17, 15) is 9.59 Å². The van der Waals surface area contributed by atoms with Gasteiger partial charge in [-0.05, 0) is 6.07 Å². The van der Waals surface area contributed by atoms with E-state index in [1.807, 2.05) is 6.07 Å². The number of aliphatic hydroxyl groups is 1. The molecule has 1 heterocycles. The highest BCUT2D eigenvalue weighted by molar-refractivity contribution is 5.76. The SMILES string of the molecule is Cn1ccc(CCNC(=O)NC[C@H](O)C(=O)O)n1. The van der Waals surface area contributed by atoms with Crippen LogP contribution in [0.3, 0.4) is 0 Å². The van der Waals surface area contributed by atoms with Crippen LogP contribution in [0, 0.1) is 0 Å². The number of aliphatic hydroxyl groups excluding tert-OH is 1. The average molecular weight is 256 g/mol. The van der Waals surface area contributed by atoms with Crippen LogP contribution in [0.5, 0.6) is 0 Å². The zero-order valence-corrected chi connectivity index (χ0v) is 9.96. The van der Waals surface area contributed by atoms with E-state index >= 15 is 0 Å². The van der Waals surface area contributed by atoms with Crippen LogP contribution in [0.15, 0.2) is 12.3 Å². The minimum atomic E-state index is -1.59. The molecule has 2 amide bonds. The predicted molar refractivity (Wildman–Crippen MR) is 62.0 cm³/mol. The Labute approximate surface area is 104 Å². The van der Waals surface area contributed by atoms with E-state index in [2.05, 4.69) is 15.7 Å². The van der Waals surface area contributed by atoms with Crippen LogP contribution in [-0.4, -0.2) is 51.2 Å². The van der Waals surface area contributed by atoms with Crippen molar-refractivity contribution >= 4 is 12.0 Å². The zero-order valence-electron chi connectivity index (χ0n) is 9.96. The van der Waals surface area contributed by atoms with Crippen molar-refractivity contribution < 1.29 is 19.8 Å². The number of hydrogen-bond acceptors (Lipinski definition) is 4. The highest BCUT2D eigenvalue weighted by atomic mass is 16.4. The topological polar surface area (TPSA) is 116 Å². The smallest absolute Gasteiger partial charge is 0.334 e. The van der Waals surface area contributed by atoms with Gasteiger partial charge >= 0.3 is 12.0 Å². The Bertz CT molecular complexity index is 418. The second-order valence-corrected chi connectivity index (χ2v) is 3.72. The Balaban J connectivity index is 2.15. The number of amides is 2. The van der Waals surface area contributed by atoms with Gasteiger partial charge in [0.1, 0.15) is 0 Å². The van der Waals surface area contributed by atoms with Gasteiger partial charge in [-0.3, -0.25) is 4.68 Å². The van der Waals surface area contributed by atoms with E-state index in [1.54, 1.807) is 17.9 Å². The third kappa shape index (κ3) is 4.83. The number of urea groups is 1. The molecule has 0 radical (unpaired) electrons. The summed E-state index contributed by atoms with van der Waals surface area (Å²) in [7, 11) is 1.80. The summed E-state index contributed by atoms with van der Waals surface area (Å²) in [5.41, 5.74) is 0.850. The molecule has 0 saturated carbocycles. The molecule has 0 fully saturated rings. The number of carboxylic acid groups (broad SMARTS) is 1. The number of carbonyl (C=O) groups is 2. The molecule has 4 N–H and O–H groups in total. The van der Waals surface area contributed by atoms with Gasteiger partial charge in [-0.25, -0.2) is 9.59 Å². The Morgan fingerprint density at radius 1 is 1.50 bits per heavy atom. The molecule has 0 aliphatic carbocycles.